The van der Waals surface area contributed by atoms with Crippen molar-refractivity contribution in [2.24, 2.45) is 0 Å². The highest BCUT2D eigenvalue weighted by Gasteiger charge is 2.20. The van der Waals surface area contributed by atoms with Gasteiger partial charge in [-0.2, -0.15) is 0 Å². The van der Waals surface area contributed by atoms with Gasteiger partial charge in [0.2, 0.25) is 0 Å². The minimum absolute atomic E-state index is 0.0979. The van der Waals surface area contributed by atoms with Crippen LogP contribution in [0.3, 0.4) is 0 Å². The molecular weight excluding hydrogens is 494 g/mol. The predicted octanol–water partition coefficient (Wildman–Crippen LogP) is 11.6. The fraction of sp³-hybridized carbons (Fsp3) is 0.100. The number of hydrogen-bond donors (Lipinski definition) is 0. The van der Waals surface area contributed by atoms with E-state index >= 15 is 0 Å². The summed E-state index contributed by atoms with van der Waals surface area (Å²) >= 11 is 0. The third kappa shape index (κ3) is 4.44. The van der Waals surface area contributed by atoms with Gasteiger partial charge in [-0.25, -0.2) is 0 Å². The Morgan fingerprint density at radius 3 is 1.61 bits per heavy atom. The molecule has 41 heavy (non-hydrogen) atoms. The lowest BCUT2D eigenvalue weighted by atomic mass is 9.87. The summed E-state index contributed by atoms with van der Waals surface area (Å²) < 4.78 is 0. The molecule has 0 bridgehead atoms. The summed E-state index contributed by atoms with van der Waals surface area (Å²) in [5, 5.41) is 7.61. The molecule has 0 aromatic heterocycles. The smallest absolute Gasteiger partial charge is 0.0546 e. The van der Waals surface area contributed by atoms with Crippen LogP contribution in [0, 0.1) is 0 Å². The van der Waals surface area contributed by atoms with Gasteiger partial charge in [0.25, 0.3) is 0 Å². The second-order valence-corrected chi connectivity index (χ2v) is 11.8. The number of hydrogen-bond acceptors (Lipinski definition) is 1. The van der Waals surface area contributed by atoms with Crippen LogP contribution in [0.2, 0.25) is 0 Å². The van der Waals surface area contributed by atoms with E-state index in [0.29, 0.717) is 0 Å². The second-order valence-electron chi connectivity index (χ2n) is 11.8. The molecule has 1 nitrogen and oxygen atoms in total. The molecule has 0 heterocycles. The van der Waals surface area contributed by atoms with Crippen molar-refractivity contribution in [1.29, 1.82) is 0 Å². The van der Waals surface area contributed by atoms with Crippen molar-refractivity contribution in [3.8, 4) is 11.1 Å². The van der Waals surface area contributed by atoms with Crippen molar-refractivity contribution < 1.29 is 0 Å². The van der Waals surface area contributed by atoms with Crippen LogP contribution in [0.1, 0.15) is 26.3 Å². The largest absolute Gasteiger partial charge is 0.310 e. The molecule has 7 aromatic carbocycles. The van der Waals surface area contributed by atoms with Gasteiger partial charge in [-0.1, -0.05) is 130 Å². The van der Waals surface area contributed by atoms with Crippen LogP contribution < -0.4 is 4.90 Å². The van der Waals surface area contributed by atoms with Crippen LogP contribution in [0.25, 0.3) is 43.4 Å². The number of para-hydroxylation sites is 1. The van der Waals surface area contributed by atoms with E-state index in [2.05, 4.69) is 171 Å². The molecule has 1 heteroatoms. The summed E-state index contributed by atoms with van der Waals surface area (Å²) in [7, 11) is 0. The Hall–Kier alpha value is -4.88. The Morgan fingerprint density at radius 2 is 0.976 bits per heavy atom. The first-order valence-corrected chi connectivity index (χ1v) is 14.4. The lowest BCUT2D eigenvalue weighted by Gasteiger charge is -2.29. The van der Waals surface area contributed by atoms with Gasteiger partial charge in [0.1, 0.15) is 0 Å². The first-order valence-electron chi connectivity index (χ1n) is 14.4. The monoisotopic (exact) mass is 527 g/mol. The summed E-state index contributed by atoms with van der Waals surface area (Å²) in [4.78, 5) is 2.41. The summed E-state index contributed by atoms with van der Waals surface area (Å²) in [6.45, 7) is 6.80. The first-order chi connectivity index (χ1) is 20.0. The van der Waals surface area contributed by atoms with E-state index in [1.807, 2.05) is 0 Å². The van der Waals surface area contributed by atoms with Gasteiger partial charge in [0, 0.05) is 16.8 Å². The molecule has 0 fully saturated rings. The van der Waals surface area contributed by atoms with Crippen molar-refractivity contribution in [2.45, 2.75) is 26.2 Å². The quantitative estimate of drug-likeness (QED) is 0.206. The lowest BCUT2D eigenvalue weighted by Crippen LogP contribution is -2.13. The molecule has 0 saturated heterocycles. The molecule has 0 aliphatic rings. The maximum absolute atomic E-state index is 2.41. The van der Waals surface area contributed by atoms with E-state index in [0.717, 1.165) is 11.4 Å². The number of rotatable bonds is 4. The molecule has 0 radical (unpaired) electrons. The van der Waals surface area contributed by atoms with Gasteiger partial charge in [-0.3, -0.25) is 0 Å². The molecule has 7 aromatic rings. The maximum Gasteiger partial charge on any atom is 0.0546 e. The fourth-order valence-electron chi connectivity index (χ4n) is 6.12. The van der Waals surface area contributed by atoms with E-state index in [-0.39, 0.29) is 5.41 Å². The molecule has 0 amide bonds. The first kappa shape index (κ1) is 25.1. The summed E-state index contributed by atoms with van der Waals surface area (Å²) in [6.07, 6.45) is 0. The number of anilines is 3. The number of benzene rings is 7. The van der Waals surface area contributed by atoms with Gasteiger partial charge in [-0.05, 0) is 85.4 Å². The third-order valence-electron chi connectivity index (χ3n) is 8.17. The Labute approximate surface area is 242 Å². The average Bonchev–Trinajstić information content (AvgIpc) is 3.01. The summed E-state index contributed by atoms with van der Waals surface area (Å²) in [6, 6.07) is 53.0. The molecule has 0 aliphatic heterocycles. The van der Waals surface area contributed by atoms with Crippen molar-refractivity contribution in [2.75, 3.05) is 4.90 Å². The lowest BCUT2D eigenvalue weighted by molar-refractivity contribution is 0.590. The molecule has 0 N–H and O–H groups in total. The highest BCUT2D eigenvalue weighted by Crippen LogP contribution is 2.45. The van der Waals surface area contributed by atoms with E-state index in [4.69, 9.17) is 0 Å². The maximum atomic E-state index is 2.41. The van der Waals surface area contributed by atoms with Crippen LogP contribution in [0.4, 0.5) is 17.1 Å². The topological polar surface area (TPSA) is 3.24 Å². The zero-order valence-corrected chi connectivity index (χ0v) is 23.8. The minimum Gasteiger partial charge on any atom is -0.310 e. The van der Waals surface area contributed by atoms with Crippen LogP contribution in [-0.2, 0) is 5.41 Å². The Bertz CT molecular complexity index is 2000. The molecule has 0 saturated carbocycles. The van der Waals surface area contributed by atoms with Gasteiger partial charge in [0.05, 0.1) is 5.69 Å². The van der Waals surface area contributed by atoms with Crippen molar-refractivity contribution in [3.05, 3.63) is 151 Å². The highest BCUT2D eigenvalue weighted by molar-refractivity contribution is 6.26. The standard InChI is InChI=1S/C40H33N/c1-40(2,3)30-22-24-32(25-23-30)41(31-16-8-5-9-17-31)38-27-29-26-37(28-14-6-4-7-15-28)33-18-10-12-20-35(33)39(29)36-21-13-11-19-34(36)38/h4-27H,1-3H3. The predicted molar refractivity (Wildman–Crippen MR) is 178 cm³/mol. The Morgan fingerprint density at radius 1 is 0.463 bits per heavy atom. The summed E-state index contributed by atoms with van der Waals surface area (Å²) in [5.41, 5.74) is 7.39. The minimum atomic E-state index is 0.0979. The molecule has 0 spiro atoms. The van der Waals surface area contributed by atoms with E-state index in [1.165, 1.54) is 54.7 Å². The Kier molecular flexibility index (Phi) is 6.09. The zero-order valence-electron chi connectivity index (χ0n) is 23.8. The zero-order chi connectivity index (χ0) is 28.0. The molecule has 198 valence electrons. The van der Waals surface area contributed by atoms with Crippen molar-refractivity contribution in [1.82, 2.24) is 0 Å². The Balaban J connectivity index is 1.57. The molecular formula is C40H33N. The van der Waals surface area contributed by atoms with Crippen molar-refractivity contribution in [3.63, 3.8) is 0 Å². The SMILES string of the molecule is CC(C)(C)c1ccc(N(c2ccccc2)c2cc3cc(-c4ccccc4)c4ccccc4c3c3ccccc23)cc1. The summed E-state index contributed by atoms with van der Waals surface area (Å²) in [5.74, 6) is 0. The second kappa shape index (κ2) is 9.94. The van der Waals surface area contributed by atoms with Crippen LogP contribution in [0.5, 0.6) is 0 Å². The molecule has 0 atom stereocenters. The van der Waals surface area contributed by atoms with Crippen molar-refractivity contribution >= 4 is 49.4 Å². The molecule has 7 rings (SSSR count). The van der Waals surface area contributed by atoms with Crippen LogP contribution in [0.15, 0.2) is 146 Å². The van der Waals surface area contributed by atoms with Gasteiger partial charge >= 0.3 is 0 Å². The normalized spacial score (nSPS) is 11.8. The molecule has 0 aliphatic carbocycles. The van der Waals surface area contributed by atoms with Gasteiger partial charge < -0.3 is 4.90 Å². The van der Waals surface area contributed by atoms with E-state index in [1.54, 1.807) is 0 Å². The van der Waals surface area contributed by atoms with Crippen LogP contribution >= 0.6 is 0 Å². The number of fused-ring (bicyclic) bond motifs is 5. The van der Waals surface area contributed by atoms with Gasteiger partial charge in [0.15, 0.2) is 0 Å². The average molecular weight is 528 g/mol. The molecule has 0 unspecified atom stereocenters. The number of nitrogens with zero attached hydrogens (tertiary/aromatic N) is 1. The fourth-order valence-corrected chi connectivity index (χ4v) is 6.12. The van der Waals surface area contributed by atoms with Crippen LogP contribution in [-0.4, -0.2) is 0 Å². The van der Waals surface area contributed by atoms with E-state index < -0.39 is 0 Å². The van der Waals surface area contributed by atoms with Gasteiger partial charge in [-0.15, -0.1) is 0 Å². The highest BCUT2D eigenvalue weighted by atomic mass is 15.1. The third-order valence-corrected chi connectivity index (χ3v) is 8.17. The van der Waals surface area contributed by atoms with E-state index in [9.17, 15) is 0 Å².